The lowest BCUT2D eigenvalue weighted by molar-refractivity contribution is -0.118. The number of carbonyl (C=O) groups excluding carboxylic acids is 1. The number of allylic oxidation sites excluding steroid dienone is 1. The lowest BCUT2D eigenvalue weighted by atomic mass is 9.95. The predicted octanol–water partition coefficient (Wildman–Crippen LogP) is 4.79. The molecule has 0 aliphatic heterocycles. The van der Waals surface area contributed by atoms with Crippen molar-refractivity contribution in [2.24, 2.45) is 5.92 Å². The Kier molecular flexibility index (Phi) is 8.55. The molecule has 2 nitrogen and oxygen atoms in total. The minimum absolute atomic E-state index is 0.109. The summed E-state index contributed by atoms with van der Waals surface area (Å²) >= 11 is 3.41. The summed E-state index contributed by atoms with van der Waals surface area (Å²) in [5, 5.41) is 0. The molecule has 0 saturated carbocycles. The van der Waals surface area contributed by atoms with Crippen molar-refractivity contribution in [1.29, 1.82) is 0 Å². The lowest BCUT2D eigenvalue weighted by Crippen LogP contribution is -2.27. The first-order chi connectivity index (χ1) is 10.0. The van der Waals surface area contributed by atoms with Gasteiger partial charge in [-0.05, 0) is 44.3 Å². The standard InChI is InChI=1S/C18H26BrNO/c1-4-5-6-7-16(14-20(2)3)18(21)13-10-15-8-11-17(19)12-9-15/h8-13,16H,4-7,14H2,1-3H3/b13-10+. The van der Waals surface area contributed by atoms with Crippen LogP contribution >= 0.6 is 15.9 Å². The summed E-state index contributed by atoms with van der Waals surface area (Å²) in [7, 11) is 4.05. The number of halogens is 1. The SMILES string of the molecule is CCCCCC(CN(C)C)C(=O)/C=C/c1ccc(Br)cc1. The molecular formula is C18H26BrNO. The van der Waals surface area contributed by atoms with Gasteiger partial charge < -0.3 is 4.90 Å². The fourth-order valence-electron chi connectivity index (χ4n) is 2.29. The maximum absolute atomic E-state index is 12.4. The minimum Gasteiger partial charge on any atom is -0.309 e. The van der Waals surface area contributed by atoms with Crippen LogP contribution in [-0.2, 0) is 4.79 Å². The number of benzene rings is 1. The van der Waals surface area contributed by atoms with E-state index in [4.69, 9.17) is 0 Å². The van der Waals surface area contributed by atoms with Gasteiger partial charge in [0.1, 0.15) is 0 Å². The highest BCUT2D eigenvalue weighted by molar-refractivity contribution is 9.10. The first kappa shape index (κ1) is 18.1. The highest BCUT2D eigenvalue weighted by Crippen LogP contribution is 2.15. The topological polar surface area (TPSA) is 20.3 Å². The van der Waals surface area contributed by atoms with Crippen molar-refractivity contribution in [2.75, 3.05) is 20.6 Å². The van der Waals surface area contributed by atoms with E-state index in [0.29, 0.717) is 0 Å². The molecule has 0 aliphatic rings. The summed E-state index contributed by atoms with van der Waals surface area (Å²) < 4.78 is 1.05. The van der Waals surface area contributed by atoms with Crippen LogP contribution in [0.2, 0.25) is 0 Å². The molecular weight excluding hydrogens is 326 g/mol. The van der Waals surface area contributed by atoms with Gasteiger partial charge in [-0.15, -0.1) is 0 Å². The van der Waals surface area contributed by atoms with Gasteiger partial charge >= 0.3 is 0 Å². The first-order valence-electron chi connectivity index (χ1n) is 7.65. The molecule has 0 bridgehead atoms. The molecule has 0 heterocycles. The third-order valence-electron chi connectivity index (χ3n) is 3.45. The Morgan fingerprint density at radius 2 is 1.90 bits per heavy atom. The van der Waals surface area contributed by atoms with E-state index in [-0.39, 0.29) is 11.7 Å². The highest BCUT2D eigenvalue weighted by Gasteiger charge is 2.16. The fraction of sp³-hybridized carbons (Fsp3) is 0.500. The summed E-state index contributed by atoms with van der Waals surface area (Å²) in [4.78, 5) is 14.5. The molecule has 1 aromatic carbocycles. The summed E-state index contributed by atoms with van der Waals surface area (Å²) in [6.07, 6.45) is 8.16. The van der Waals surface area contributed by atoms with Gasteiger partial charge in [-0.1, -0.05) is 60.3 Å². The number of carbonyl (C=O) groups is 1. The molecule has 1 unspecified atom stereocenters. The Hall–Kier alpha value is -0.930. The number of unbranched alkanes of at least 4 members (excludes halogenated alkanes) is 2. The van der Waals surface area contributed by atoms with Crippen molar-refractivity contribution in [2.45, 2.75) is 32.6 Å². The van der Waals surface area contributed by atoms with Gasteiger partial charge in [-0.2, -0.15) is 0 Å². The molecule has 0 fully saturated rings. The smallest absolute Gasteiger partial charge is 0.160 e. The summed E-state index contributed by atoms with van der Waals surface area (Å²) in [6.45, 7) is 3.02. The second-order valence-electron chi connectivity index (χ2n) is 5.74. The van der Waals surface area contributed by atoms with Crippen molar-refractivity contribution in [3.05, 3.63) is 40.4 Å². The van der Waals surface area contributed by atoms with Gasteiger partial charge in [-0.3, -0.25) is 4.79 Å². The Morgan fingerprint density at radius 3 is 2.48 bits per heavy atom. The highest BCUT2D eigenvalue weighted by atomic mass is 79.9. The minimum atomic E-state index is 0.109. The largest absolute Gasteiger partial charge is 0.309 e. The molecule has 21 heavy (non-hydrogen) atoms. The third-order valence-corrected chi connectivity index (χ3v) is 3.98. The molecule has 0 spiro atoms. The zero-order valence-electron chi connectivity index (χ0n) is 13.3. The van der Waals surface area contributed by atoms with E-state index in [1.165, 1.54) is 12.8 Å². The number of rotatable bonds is 9. The van der Waals surface area contributed by atoms with Crippen LogP contribution in [0.25, 0.3) is 6.08 Å². The van der Waals surface area contributed by atoms with E-state index in [1.807, 2.05) is 44.4 Å². The summed E-state index contributed by atoms with van der Waals surface area (Å²) in [5.74, 6) is 0.348. The number of nitrogens with zero attached hydrogens (tertiary/aromatic N) is 1. The molecule has 1 atom stereocenters. The zero-order chi connectivity index (χ0) is 15.7. The molecule has 0 amide bonds. The Bertz CT molecular complexity index is 451. The van der Waals surface area contributed by atoms with E-state index >= 15 is 0 Å². The van der Waals surface area contributed by atoms with Gasteiger partial charge in [0.05, 0.1) is 0 Å². The van der Waals surface area contributed by atoms with Crippen molar-refractivity contribution >= 4 is 27.8 Å². The van der Waals surface area contributed by atoms with Crippen LogP contribution in [0.15, 0.2) is 34.8 Å². The average molecular weight is 352 g/mol. The monoisotopic (exact) mass is 351 g/mol. The zero-order valence-corrected chi connectivity index (χ0v) is 14.9. The van der Waals surface area contributed by atoms with Gasteiger partial charge in [0.2, 0.25) is 0 Å². The van der Waals surface area contributed by atoms with Crippen molar-refractivity contribution in [1.82, 2.24) is 4.90 Å². The van der Waals surface area contributed by atoms with E-state index in [0.717, 1.165) is 29.4 Å². The van der Waals surface area contributed by atoms with Gasteiger partial charge in [0.25, 0.3) is 0 Å². The van der Waals surface area contributed by atoms with E-state index in [2.05, 4.69) is 27.8 Å². The van der Waals surface area contributed by atoms with E-state index in [1.54, 1.807) is 6.08 Å². The Morgan fingerprint density at radius 1 is 1.24 bits per heavy atom. The van der Waals surface area contributed by atoms with Crippen molar-refractivity contribution in [3.8, 4) is 0 Å². The summed E-state index contributed by atoms with van der Waals surface area (Å²) in [5.41, 5.74) is 1.06. The van der Waals surface area contributed by atoms with Crippen molar-refractivity contribution in [3.63, 3.8) is 0 Å². The lowest BCUT2D eigenvalue weighted by Gasteiger charge is -2.18. The van der Waals surface area contributed by atoms with Crippen LogP contribution in [0, 0.1) is 5.92 Å². The normalized spacial score (nSPS) is 13.0. The molecule has 0 saturated heterocycles. The van der Waals surface area contributed by atoms with Crippen molar-refractivity contribution < 1.29 is 4.79 Å². The van der Waals surface area contributed by atoms with E-state index < -0.39 is 0 Å². The van der Waals surface area contributed by atoms with Crippen LogP contribution in [-0.4, -0.2) is 31.3 Å². The van der Waals surface area contributed by atoms with Crippen LogP contribution in [0.3, 0.4) is 0 Å². The third kappa shape index (κ3) is 7.58. The van der Waals surface area contributed by atoms with Crippen LogP contribution in [0.1, 0.15) is 38.2 Å². The first-order valence-corrected chi connectivity index (χ1v) is 8.44. The average Bonchev–Trinajstić information content (AvgIpc) is 2.45. The van der Waals surface area contributed by atoms with Gasteiger partial charge in [-0.25, -0.2) is 0 Å². The van der Waals surface area contributed by atoms with Crippen LogP contribution in [0.5, 0.6) is 0 Å². The fourth-order valence-corrected chi connectivity index (χ4v) is 2.56. The molecule has 1 rings (SSSR count). The molecule has 3 heteroatoms. The second-order valence-corrected chi connectivity index (χ2v) is 6.66. The quantitative estimate of drug-likeness (QED) is 0.470. The number of hydrogen-bond acceptors (Lipinski definition) is 2. The molecule has 0 aliphatic carbocycles. The van der Waals surface area contributed by atoms with Crippen LogP contribution in [0.4, 0.5) is 0 Å². The summed E-state index contributed by atoms with van der Waals surface area (Å²) in [6, 6.07) is 7.99. The molecule has 1 aromatic rings. The molecule has 0 radical (unpaired) electrons. The Balaban J connectivity index is 2.63. The van der Waals surface area contributed by atoms with E-state index in [9.17, 15) is 4.79 Å². The van der Waals surface area contributed by atoms with Crippen LogP contribution < -0.4 is 0 Å². The Labute approximate surface area is 137 Å². The van der Waals surface area contributed by atoms with Gasteiger partial charge in [0, 0.05) is 16.9 Å². The molecule has 116 valence electrons. The molecule has 0 N–H and O–H groups in total. The number of ketones is 1. The maximum Gasteiger partial charge on any atom is 0.160 e. The molecule has 0 aromatic heterocycles. The maximum atomic E-state index is 12.4. The predicted molar refractivity (Wildman–Crippen MR) is 94.4 cm³/mol. The number of hydrogen-bond donors (Lipinski definition) is 0. The second kappa shape index (κ2) is 9.91. The van der Waals surface area contributed by atoms with Gasteiger partial charge in [0.15, 0.2) is 5.78 Å².